The number of hydrogen-bond donors (Lipinski definition) is 3. The molecule has 2 amide bonds. The Bertz CT molecular complexity index is 1340. The summed E-state index contributed by atoms with van der Waals surface area (Å²) in [7, 11) is 1.57. The molecule has 0 spiro atoms. The highest BCUT2D eigenvalue weighted by Gasteiger charge is 2.29. The summed E-state index contributed by atoms with van der Waals surface area (Å²) in [5, 5.41) is 9.21. The summed E-state index contributed by atoms with van der Waals surface area (Å²) in [6.45, 7) is 1.03. The average molecular weight is 504 g/mol. The fourth-order valence-electron chi connectivity index (χ4n) is 4.82. The molecule has 1 aliphatic heterocycles. The second kappa shape index (κ2) is 11.3. The van der Waals surface area contributed by atoms with Crippen LogP contribution in [0.25, 0.3) is 22.4 Å². The van der Waals surface area contributed by atoms with Crippen LogP contribution < -0.4 is 16.2 Å². The zero-order valence-electron chi connectivity index (χ0n) is 20.7. The molecule has 37 heavy (non-hydrogen) atoms. The van der Waals surface area contributed by atoms with Crippen molar-refractivity contribution in [3.63, 3.8) is 0 Å². The molecule has 1 saturated heterocycles. The van der Waals surface area contributed by atoms with Crippen LogP contribution in [0.5, 0.6) is 5.75 Å². The number of halogens is 1. The predicted octanol–water partition coefficient (Wildman–Crippen LogP) is 3.74. The molecule has 3 aromatic rings. The van der Waals surface area contributed by atoms with E-state index in [4.69, 9.17) is 16.2 Å². The van der Waals surface area contributed by atoms with E-state index in [1.54, 1.807) is 30.2 Å². The molecule has 5 N–H and O–H groups in total. The number of nitrogens with one attached hydrogen (secondary N) is 1. The molecule has 192 valence electrons. The molecule has 1 atom stereocenters. The van der Waals surface area contributed by atoms with E-state index in [2.05, 4.69) is 4.98 Å². The van der Waals surface area contributed by atoms with Crippen molar-refractivity contribution >= 4 is 11.8 Å². The number of amides is 2. The van der Waals surface area contributed by atoms with Gasteiger partial charge >= 0.3 is 0 Å². The molecule has 9 heteroatoms. The molecular formula is C28H30FN5O3. The second-order valence-corrected chi connectivity index (χ2v) is 9.24. The first-order valence-electron chi connectivity index (χ1n) is 12.2. The third kappa shape index (κ3) is 5.65. The minimum atomic E-state index is -0.653. The van der Waals surface area contributed by atoms with E-state index in [0.29, 0.717) is 59.8 Å². The Morgan fingerprint density at radius 2 is 1.95 bits per heavy atom. The van der Waals surface area contributed by atoms with Gasteiger partial charge in [0, 0.05) is 31.1 Å². The van der Waals surface area contributed by atoms with Gasteiger partial charge in [-0.2, -0.15) is 5.26 Å². The van der Waals surface area contributed by atoms with Gasteiger partial charge in [-0.25, -0.2) is 4.39 Å². The number of carbonyl (C=O) groups is 2. The lowest BCUT2D eigenvalue weighted by atomic mass is 9.93. The van der Waals surface area contributed by atoms with Gasteiger partial charge in [-0.1, -0.05) is 6.07 Å². The zero-order valence-corrected chi connectivity index (χ0v) is 20.7. The van der Waals surface area contributed by atoms with Crippen molar-refractivity contribution in [3.8, 4) is 34.2 Å². The minimum Gasteiger partial charge on any atom is -0.497 e. The molecule has 0 radical (unpaired) electrons. The maximum Gasteiger partial charge on any atom is 0.270 e. The number of rotatable bonds is 8. The summed E-state index contributed by atoms with van der Waals surface area (Å²) < 4.78 is 20.0. The number of hydrogen-bond acceptors (Lipinski definition) is 5. The third-order valence-corrected chi connectivity index (χ3v) is 6.67. The zero-order chi connectivity index (χ0) is 26.5. The largest absolute Gasteiger partial charge is 0.497 e. The van der Waals surface area contributed by atoms with Crippen LogP contribution in [0, 0.1) is 17.1 Å². The van der Waals surface area contributed by atoms with E-state index in [0.717, 1.165) is 18.4 Å². The molecule has 0 unspecified atom stereocenters. The Morgan fingerprint density at radius 1 is 1.22 bits per heavy atom. The van der Waals surface area contributed by atoms with Gasteiger partial charge in [0.05, 0.1) is 18.4 Å². The van der Waals surface area contributed by atoms with Crippen LogP contribution >= 0.6 is 0 Å². The number of methoxy groups -OCH3 is 1. The van der Waals surface area contributed by atoms with Crippen molar-refractivity contribution in [2.45, 2.75) is 38.1 Å². The first-order valence-corrected chi connectivity index (χ1v) is 12.2. The van der Waals surface area contributed by atoms with E-state index < -0.39 is 11.7 Å². The number of nitrogens with two attached hydrogens (primary N) is 2. The molecule has 2 aromatic carbocycles. The van der Waals surface area contributed by atoms with Crippen LogP contribution in [0.2, 0.25) is 0 Å². The van der Waals surface area contributed by atoms with Gasteiger partial charge in [0.1, 0.15) is 23.3 Å². The summed E-state index contributed by atoms with van der Waals surface area (Å²) >= 11 is 0. The Kier molecular flexibility index (Phi) is 7.89. The van der Waals surface area contributed by atoms with Crippen LogP contribution in [0.1, 0.15) is 47.3 Å². The van der Waals surface area contributed by atoms with Crippen molar-refractivity contribution in [1.29, 1.82) is 5.26 Å². The van der Waals surface area contributed by atoms with Crippen LogP contribution in [-0.2, 0) is 11.2 Å². The molecule has 0 bridgehead atoms. The summed E-state index contributed by atoms with van der Waals surface area (Å²) in [5.74, 6) is -0.618. The molecule has 1 aliphatic rings. The van der Waals surface area contributed by atoms with Gasteiger partial charge in [-0.3, -0.25) is 9.59 Å². The highest BCUT2D eigenvalue weighted by Crippen LogP contribution is 2.39. The van der Waals surface area contributed by atoms with Crippen molar-refractivity contribution in [2.24, 2.45) is 11.5 Å². The molecule has 0 saturated carbocycles. The van der Waals surface area contributed by atoms with E-state index in [1.165, 1.54) is 12.1 Å². The van der Waals surface area contributed by atoms with Crippen molar-refractivity contribution in [1.82, 2.24) is 9.88 Å². The van der Waals surface area contributed by atoms with E-state index in [-0.39, 0.29) is 23.9 Å². The van der Waals surface area contributed by atoms with Gasteiger partial charge in [-0.05, 0) is 78.8 Å². The number of nitrogens with zero attached hydrogens (tertiary/aromatic N) is 2. The number of aromatic amines is 1. The topological polar surface area (TPSA) is 138 Å². The first-order chi connectivity index (χ1) is 17.8. The quantitative estimate of drug-likeness (QED) is 0.430. The molecule has 8 nitrogen and oxygen atoms in total. The lowest BCUT2D eigenvalue weighted by Gasteiger charge is -2.30. The predicted molar refractivity (Wildman–Crippen MR) is 138 cm³/mol. The molecule has 4 rings (SSSR count). The highest BCUT2D eigenvalue weighted by molar-refractivity contribution is 6.00. The van der Waals surface area contributed by atoms with Crippen LogP contribution in [0.3, 0.4) is 0 Å². The van der Waals surface area contributed by atoms with Crippen molar-refractivity contribution in [2.75, 3.05) is 20.2 Å². The van der Waals surface area contributed by atoms with Gasteiger partial charge in [0.15, 0.2) is 0 Å². The number of likely N-dealkylation sites (tertiary alicyclic amines) is 1. The van der Waals surface area contributed by atoms with E-state index in [1.807, 2.05) is 18.2 Å². The lowest BCUT2D eigenvalue weighted by Crippen LogP contribution is -2.46. The SMILES string of the molecule is COc1ccc(-c2[nH]c(C(=O)N3CCC[C@@H](N)C3)c(CCCC(N)=O)c2-c2ccc(C#N)c(F)c2)cc1. The van der Waals surface area contributed by atoms with Crippen LogP contribution in [-0.4, -0.2) is 47.9 Å². The molecule has 1 fully saturated rings. The number of primary amides is 1. The summed E-state index contributed by atoms with van der Waals surface area (Å²) in [6.07, 6.45) is 2.59. The second-order valence-electron chi connectivity index (χ2n) is 9.24. The Morgan fingerprint density at radius 3 is 2.57 bits per heavy atom. The first kappa shape index (κ1) is 25.9. The van der Waals surface area contributed by atoms with Gasteiger partial charge in [0.25, 0.3) is 5.91 Å². The van der Waals surface area contributed by atoms with Gasteiger partial charge in [-0.15, -0.1) is 0 Å². The number of aromatic nitrogens is 1. The van der Waals surface area contributed by atoms with Gasteiger partial charge < -0.3 is 26.1 Å². The number of ether oxygens (including phenoxy) is 1. The summed E-state index contributed by atoms with van der Waals surface area (Å²) in [4.78, 5) is 30.3. The number of carbonyl (C=O) groups excluding carboxylic acids is 2. The summed E-state index contributed by atoms with van der Waals surface area (Å²) in [5.41, 5.74) is 15.1. The van der Waals surface area contributed by atoms with E-state index >= 15 is 0 Å². The number of piperidine rings is 1. The number of nitriles is 1. The Balaban J connectivity index is 1.91. The smallest absolute Gasteiger partial charge is 0.270 e. The van der Waals surface area contributed by atoms with Crippen LogP contribution in [0.15, 0.2) is 42.5 Å². The molecule has 1 aromatic heterocycles. The summed E-state index contributed by atoms with van der Waals surface area (Å²) in [6, 6.07) is 13.5. The monoisotopic (exact) mass is 503 g/mol. The Hall–Kier alpha value is -4.16. The molecule has 2 heterocycles. The maximum atomic E-state index is 14.8. The molecule has 0 aliphatic carbocycles. The van der Waals surface area contributed by atoms with Gasteiger partial charge in [0.2, 0.25) is 5.91 Å². The average Bonchev–Trinajstić information content (AvgIpc) is 3.27. The molecular weight excluding hydrogens is 473 g/mol. The fraction of sp³-hybridized carbons (Fsp3) is 0.321. The highest BCUT2D eigenvalue weighted by atomic mass is 19.1. The normalized spacial score (nSPS) is 15.3. The number of H-pyrrole nitrogens is 1. The Labute approximate surface area is 215 Å². The third-order valence-electron chi connectivity index (χ3n) is 6.67. The van der Waals surface area contributed by atoms with E-state index in [9.17, 15) is 19.2 Å². The van der Waals surface area contributed by atoms with Crippen LogP contribution in [0.4, 0.5) is 4.39 Å². The maximum absolute atomic E-state index is 14.8. The minimum absolute atomic E-state index is 0.0702. The fourth-order valence-corrected chi connectivity index (χ4v) is 4.82. The standard InChI is InChI=1S/C28H30FN5O3/c1-37-21-11-9-17(10-12-21)26-25(18-7-8-19(15-30)23(29)14-18)22(5-2-6-24(32)35)27(33-26)28(36)34-13-3-4-20(31)16-34/h7-12,14,20,33H,2-6,13,16,31H2,1H3,(H2,32,35)/t20-/m1/s1. The van der Waals surface area contributed by atoms with Crippen molar-refractivity contribution in [3.05, 3.63) is 65.1 Å². The lowest BCUT2D eigenvalue weighted by molar-refractivity contribution is -0.118. The van der Waals surface area contributed by atoms with Crippen molar-refractivity contribution < 1.29 is 18.7 Å². The number of benzene rings is 2.